The van der Waals surface area contributed by atoms with E-state index in [0.717, 1.165) is 0 Å². The average molecular weight is 447 g/mol. The molecule has 0 aliphatic heterocycles. The van der Waals surface area contributed by atoms with Gasteiger partial charge in [0.25, 0.3) is 15.1 Å². The molecular weight excluding hydrogens is 426 g/mol. The predicted molar refractivity (Wildman–Crippen MR) is 110 cm³/mol. The number of Topliss-reactive ketones (excluding diaryl/α,β-unsaturated/α-hetero) is 1. The van der Waals surface area contributed by atoms with Crippen LogP contribution in [0.5, 0.6) is 0 Å². The highest BCUT2D eigenvalue weighted by Gasteiger charge is 2.36. The summed E-state index contributed by atoms with van der Waals surface area (Å²) >= 11 is 0. The van der Waals surface area contributed by atoms with Crippen LogP contribution in [0, 0.1) is 11.8 Å². The van der Waals surface area contributed by atoms with Crippen LogP contribution >= 0.6 is 0 Å². The van der Waals surface area contributed by atoms with Crippen LogP contribution in [0.25, 0.3) is 0 Å². The summed E-state index contributed by atoms with van der Waals surface area (Å²) in [6.45, 7) is 1.19. The Balaban J connectivity index is 1.98. The molecule has 1 atom stereocenters. The second-order valence-corrected chi connectivity index (χ2v) is 8.47. The van der Waals surface area contributed by atoms with Gasteiger partial charge in [-0.05, 0) is 12.0 Å². The van der Waals surface area contributed by atoms with Gasteiger partial charge in [-0.1, -0.05) is 61.5 Å². The zero-order valence-electron chi connectivity index (χ0n) is 16.5. The number of carboxylic acids is 2. The maximum Gasteiger partial charge on any atom is 0.318 e. The van der Waals surface area contributed by atoms with Crippen LogP contribution < -0.4 is 4.72 Å². The number of rotatable bonds is 10. The Labute approximate surface area is 178 Å². The lowest BCUT2D eigenvalue weighted by molar-refractivity contribution is -0.156. The number of nitrogens with one attached hydrogen (secondary N) is 1. The van der Waals surface area contributed by atoms with Gasteiger partial charge < -0.3 is 10.2 Å². The number of carbonyl (C=O) groups excluding carboxylic acids is 2. The molecule has 2 rings (SSSR count). The Hall–Kier alpha value is -3.37. The van der Waals surface area contributed by atoms with Crippen LogP contribution in [-0.2, 0) is 26.0 Å². The minimum Gasteiger partial charge on any atom is -0.481 e. The number of hydrogen-bond donors (Lipinski definition) is 3. The number of aliphatic carboxylic acids is 2. The maximum atomic E-state index is 12.4. The molecule has 164 valence electrons. The molecule has 2 aromatic rings. The van der Waals surface area contributed by atoms with Gasteiger partial charge in [0.05, 0.1) is 0 Å². The van der Waals surface area contributed by atoms with E-state index in [4.69, 9.17) is 10.2 Å². The van der Waals surface area contributed by atoms with Crippen LogP contribution in [0.4, 0.5) is 0 Å². The number of benzene rings is 2. The molecule has 3 N–H and O–H groups in total. The molecule has 0 aliphatic rings. The third-order valence-electron chi connectivity index (χ3n) is 4.64. The molecule has 0 heterocycles. The van der Waals surface area contributed by atoms with E-state index in [1.165, 1.54) is 31.2 Å². The monoisotopic (exact) mass is 447 g/mol. The number of carbonyl (C=O) groups is 4. The van der Waals surface area contributed by atoms with Crippen molar-refractivity contribution >= 4 is 32.9 Å². The maximum absolute atomic E-state index is 12.4. The third kappa shape index (κ3) is 6.06. The largest absolute Gasteiger partial charge is 0.481 e. The molecule has 0 fully saturated rings. The van der Waals surface area contributed by atoms with Gasteiger partial charge in [-0.25, -0.2) is 13.1 Å². The van der Waals surface area contributed by atoms with Crippen molar-refractivity contribution in [3.63, 3.8) is 0 Å². The first kappa shape index (κ1) is 23.9. The summed E-state index contributed by atoms with van der Waals surface area (Å²) in [5, 5.41) is 17.0. The standard InChI is InChI=1S/C21H21NO8S/c1-13(17(19(24)25)20(26)27)18(23)15-9-7-14(8-10-15)11-12-22-31(29,30)21(28)16-5-3-2-4-6-16/h2-10,13,17,22H,11-12H2,1H3,(H,24,25)(H,26,27). The van der Waals surface area contributed by atoms with Gasteiger partial charge >= 0.3 is 11.9 Å². The van der Waals surface area contributed by atoms with Crippen LogP contribution in [0.1, 0.15) is 33.2 Å². The molecule has 0 aliphatic carbocycles. The lowest BCUT2D eigenvalue weighted by atomic mass is 9.87. The summed E-state index contributed by atoms with van der Waals surface area (Å²) < 4.78 is 26.5. The molecule has 0 amide bonds. The molecule has 10 heteroatoms. The quantitative estimate of drug-likeness (QED) is 0.366. The molecule has 2 aromatic carbocycles. The van der Waals surface area contributed by atoms with E-state index in [1.807, 2.05) is 0 Å². The van der Waals surface area contributed by atoms with E-state index in [1.54, 1.807) is 30.3 Å². The van der Waals surface area contributed by atoms with Gasteiger partial charge in [-0.2, -0.15) is 0 Å². The van der Waals surface area contributed by atoms with Crippen molar-refractivity contribution in [2.45, 2.75) is 13.3 Å². The zero-order valence-corrected chi connectivity index (χ0v) is 17.3. The van der Waals surface area contributed by atoms with E-state index >= 15 is 0 Å². The zero-order chi connectivity index (χ0) is 23.2. The van der Waals surface area contributed by atoms with Gasteiger partial charge in [0, 0.05) is 23.6 Å². The lowest BCUT2D eigenvalue weighted by Gasteiger charge is -2.15. The molecule has 9 nitrogen and oxygen atoms in total. The van der Waals surface area contributed by atoms with Crippen molar-refractivity contribution in [2.24, 2.45) is 11.8 Å². The van der Waals surface area contributed by atoms with Crippen LogP contribution in [-0.4, -0.2) is 48.0 Å². The SMILES string of the molecule is CC(C(=O)c1ccc(CCNS(=O)(=O)C(=O)c2ccccc2)cc1)C(C(=O)O)C(=O)O. The van der Waals surface area contributed by atoms with Crippen molar-refractivity contribution < 1.29 is 37.8 Å². The Morgan fingerprint density at radius 1 is 0.871 bits per heavy atom. The van der Waals surface area contributed by atoms with Crippen molar-refractivity contribution in [3.8, 4) is 0 Å². The highest BCUT2D eigenvalue weighted by atomic mass is 32.2. The fourth-order valence-corrected chi connectivity index (χ4v) is 3.86. The second-order valence-electron chi connectivity index (χ2n) is 6.81. The molecule has 31 heavy (non-hydrogen) atoms. The Morgan fingerprint density at radius 3 is 1.94 bits per heavy atom. The molecule has 1 unspecified atom stereocenters. The summed E-state index contributed by atoms with van der Waals surface area (Å²) in [6, 6.07) is 13.5. The average Bonchev–Trinajstić information content (AvgIpc) is 2.73. The molecule has 0 saturated carbocycles. The first-order valence-electron chi connectivity index (χ1n) is 9.22. The first-order chi connectivity index (χ1) is 14.5. The Bertz CT molecular complexity index is 1060. The topological polar surface area (TPSA) is 155 Å². The molecule has 0 radical (unpaired) electrons. The van der Waals surface area contributed by atoms with Gasteiger partial charge in [-0.15, -0.1) is 0 Å². The van der Waals surface area contributed by atoms with E-state index < -0.39 is 44.7 Å². The van der Waals surface area contributed by atoms with Crippen molar-refractivity contribution in [1.82, 2.24) is 4.72 Å². The number of carboxylic acid groups (broad SMARTS) is 2. The molecule has 0 saturated heterocycles. The summed E-state index contributed by atoms with van der Waals surface area (Å²) in [6.07, 6.45) is 0.234. The van der Waals surface area contributed by atoms with Crippen LogP contribution in [0.2, 0.25) is 0 Å². The fraction of sp³-hybridized carbons (Fsp3) is 0.238. The second kappa shape index (κ2) is 10.1. The smallest absolute Gasteiger partial charge is 0.318 e. The molecule has 0 spiro atoms. The number of sulfonamides is 1. The summed E-state index contributed by atoms with van der Waals surface area (Å²) in [4.78, 5) is 46.7. The van der Waals surface area contributed by atoms with Crippen molar-refractivity contribution in [2.75, 3.05) is 6.54 Å². The minimum absolute atomic E-state index is 0.0491. The van der Waals surface area contributed by atoms with E-state index in [0.29, 0.717) is 5.56 Å². The van der Waals surface area contributed by atoms with Crippen molar-refractivity contribution in [1.29, 1.82) is 0 Å². The highest BCUT2D eigenvalue weighted by molar-refractivity contribution is 8.04. The fourth-order valence-electron chi connectivity index (χ4n) is 2.91. The van der Waals surface area contributed by atoms with Crippen LogP contribution in [0.3, 0.4) is 0 Å². The summed E-state index contributed by atoms with van der Waals surface area (Å²) in [5.41, 5.74) is 0.851. The molecular formula is C21H21NO8S. The lowest BCUT2D eigenvalue weighted by Crippen LogP contribution is -2.34. The van der Waals surface area contributed by atoms with Gasteiger partial charge in [-0.3, -0.25) is 19.2 Å². The normalized spacial score (nSPS) is 12.3. The van der Waals surface area contributed by atoms with Gasteiger partial charge in [0.1, 0.15) is 0 Å². The highest BCUT2D eigenvalue weighted by Crippen LogP contribution is 2.19. The predicted octanol–water partition coefficient (Wildman–Crippen LogP) is 1.59. The molecule has 0 aromatic heterocycles. The Kier molecular flexibility index (Phi) is 7.78. The first-order valence-corrected chi connectivity index (χ1v) is 10.7. The van der Waals surface area contributed by atoms with Gasteiger partial charge in [0.2, 0.25) is 0 Å². The summed E-state index contributed by atoms with van der Waals surface area (Å²) in [7, 11) is -4.20. The van der Waals surface area contributed by atoms with E-state index in [9.17, 15) is 27.6 Å². The van der Waals surface area contributed by atoms with E-state index in [2.05, 4.69) is 4.72 Å². The van der Waals surface area contributed by atoms with E-state index in [-0.39, 0.29) is 24.1 Å². The van der Waals surface area contributed by atoms with Crippen molar-refractivity contribution in [3.05, 3.63) is 71.3 Å². The molecule has 0 bridgehead atoms. The number of ketones is 1. The minimum atomic E-state index is -4.20. The summed E-state index contributed by atoms with van der Waals surface area (Å²) in [5.74, 6) is -6.94. The van der Waals surface area contributed by atoms with Crippen LogP contribution in [0.15, 0.2) is 54.6 Å². The third-order valence-corrected chi connectivity index (χ3v) is 5.95. The van der Waals surface area contributed by atoms with Gasteiger partial charge in [0.15, 0.2) is 11.7 Å². The number of hydrogen-bond acceptors (Lipinski definition) is 6. The Morgan fingerprint density at radius 2 is 1.42 bits per heavy atom.